The van der Waals surface area contributed by atoms with Crippen LogP contribution in [0.5, 0.6) is 0 Å². The maximum absolute atomic E-state index is 12.8. The number of ether oxygens (including phenoxy) is 2. The fraction of sp³-hybridized carbons (Fsp3) is 0.867. The van der Waals surface area contributed by atoms with Crippen molar-refractivity contribution in [3.8, 4) is 0 Å². The molecule has 20 heavy (non-hydrogen) atoms. The highest BCUT2D eigenvalue weighted by atomic mass is 16.5. The van der Waals surface area contributed by atoms with Crippen molar-refractivity contribution >= 4 is 11.9 Å². The van der Waals surface area contributed by atoms with Gasteiger partial charge in [0.15, 0.2) is 0 Å². The molecule has 0 bridgehead atoms. The Bertz CT molecular complexity index is 324. The summed E-state index contributed by atoms with van der Waals surface area (Å²) in [7, 11) is 2.99. The van der Waals surface area contributed by atoms with Crippen molar-refractivity contribution in [3.63, 3.8) is 0 Å². The van der Waals surface area contributed by atoms with Crippen LogP contribution in [-0.2, 0) is 19.1 Å². The zero-order valence-corrected chi connectivity index (χ0v) is 12.9. The predicted molar refractivity (Wildman–Crippen MR) is 76.3 cm³/mol. The fourth-order valence-electron chi connectivity index (χ4n) is 2.95. The third-order valence-electron chi connectivity index (χ3n) is 4.36. The number of esters is 1. The van der Waals surface area contributed by atoms with Crippen molar-refractivity contribution in [1.29, 1.82) is 0 Å². The third kappa shape index (κ3) is 4.20. The molecule has 116 valence electrons. The van der Waals surface area contributed by atoms with Gasteiger partial charge in [0.1, 0.15) is 0 Å². The average Bonchev–Trinajstić information content (AvgIpc) is 2.96. The van der Waals surface area contributed by atoms with E-state index in [2.05, 4.69) is 11.7 Å². The Balaban J connectivity index is 2.69. The molecule has 0 aromatic carbocycles. The van der Waals surface area contributed by atoms with Crippen molar-refractivity contribution in [1.82, 2.24) is 4.90 Å². The van der Waals surface area contributed by atoms with Gasteiger partial charge in [0.25, 0.3) is 0 Å². The molecule has 0 N–H and O–H groups in total. The maximum atomic E-state index is 12.8. The number of hydrogen-bond acceptors (Lipinski definition) is 4. The second kappa shape index (κ2) is 8.25. The summed E-state index contributed by atoms with van der Waals surface area (Å²) in [5, 5.41) is 0. The zero-order valence-electron chi connectivity index (χ0n) is 12.9. The van der Waals surface area contributed by atoms with Crippen molar-refractivity contribution < 1.29 is 19.1 Å². The van der Waals surface area contributed by atoms with E-state index in [9.17, 15) is 9.59 Å². The van der Waals surface area contributed by atoms with Gasteiger partial charge in [-0.25, -0.2) is 0 Å². The lowest BCUT2D eigenvalue weighted by molar-refractivity contribution is -0.145. The summed E-state index contributed by atoms with van der Waals surface area (Å²) in [5.74, 6) is -0.101. The van der Waals surface area contributed by atoms with Gasteiger partial charge in [-0.3, -0.25) is 9.59 Å². The minimum absolute atomic E-state index is 0.179. The highest BCUT2D eigenvalue weighted by Gasteiger charge is 2.41. The summed E-state index contributed by atoms with van der Waals surface area (Å²) >= 11 is 0. The van der Waals surface area contributed by atoms with Gasteiger partial charge in [0, 0.05) is 25.6 Å². The summed E-state index contributed by atoms with van der Waals surface area (Å²) in [6, 6.07) is 0. The highest BCUT2D eigenvalue weighted by molar-refractivity contribution is 5.83. The molecule has 0 radical (unpaired) electrons. The number of carbonyl (C=O) groups is 2. The van der Waals surface area contributed by atoms with Gasteiger partial charge in [-0.1, -0.05) is 19.8 Å². The van der Waals surface area contributed by atoms with Crippen molar-refractivity contribution in [2.75, 3.05) is 33.9 Å². The molecule has 5 heteroatoms. The molecule has 1 aliphatic rings. The number of hydrogen-bond donors (Lipinski definition) is 0. The van der Waals surface area contributed by atoms with E-state index < -0.39 is 0 Å². The molecule has 0 aromatic rings. The molecule has 1 saturated carbocycles. The first-order valence-corrected chi connectivity index (χ1v) is 7.44. The van der Waals surface area contributed by atoms with Crippen LogP contribution in [0.3, 0.4) is 0 Å². The fourth-order valence-corrected chi connectivity index (χ4v) is 2.95. The van der Waals surface area contributed by atoms with Gasteiger partial charge in [-0.05, 0) is 19.3 Å². The SMILES string of the molecule is CCC1(C(=O)N(CCOC)CCC(=O)OC)CCCC1. The van der Waals surface area contributed by atoms with Crippen LogP contribution in [0.15, 0.2) is 0 Å². The highest BCUT2D eigenvalue weighted by Crippen LogP contribution is 2.42. The van der Waals surface area contributed by atoms with Gasteiger partial charge in [-0.15, -0.1) is 0 Å². The molecule has 1 fully saturated rings. The van der Waals surface area contributed by atoms with E-state index in [0.717, 1.165) is 32.1 Å². The first kappa shape index (κ1) is 17.0. The van der Waals surface area contributed by atoms with Gasteiger partial charge in [0.05, 0.1) is 20.1 Å². The Morgan fingerprint density at radius 2 is 1.80 bits per heavy atom. The van der Waals surface area contributed by atoms with Gasteiger partial charge >= 0.3 is 5.97 Å². The number of methoxy groups -OCH3 is 2. The Labute approximate surface area is 121 Å². The van der Waals surface area contributed by atoms with E-state index in [1.165, 1.54) is 7.11 Å². The summed E-state index contributed by atoms with van der Waals surface area (Å²) in [4.78, 5) is 25.9. The smallest absolute Gasteiger partial charge is 0.307 e. The normalized spacial score (nSPS) is 16.9. The summed E-state index contributed by atoms with van der Waals surface area (Å²) in [5.41, 5.74) is -0.218. The number of carbonyl (C=O) groups excluding carboxylic acids is 2. The van der Waals surface area contributed by atoms with E-state index in [4.69, 9.17) is 4.74 Å². The Kier molecular flexibility index (Phi) is 6.99. The number of nitrogens with zero attached hydrogens (tertiary/aromatic N) is 1. The molecule has 0 heterocycles. The molecule has 0 aromatic heterocycles. The minimum atomic E-state index is -0.280. The van der Waals surface area contributed by atoms with Crippen LogP contribution in [0.1, 0.15) is 45.4 Å². The number of rotatable bonds is 8. The van der Waals surface area contributed by atoms with E-state index in [0.29, 0.717) is 19.7 Å². The van der Waals surface area contributed by atoms with Gasteiger partial charge < -0.3 is 14.4 Å². The van der Waals surface area contributed by atoms with Crippen molar-refractivity contribution in [3.05, 3.63) is 0 Å². The van der Waals surface area contributed by atoms with Crippen LogP contribution in [-0.4, -0.2) is 50.7 Å². The Hall–Kier alpha value is -1.10. The largest absolute Gasteiger partial charge is 0.469 e. The molecule has 5 nitrogen and oxygen atoms in total. The zero-order chi connectivity index (χ0) is 15.0. The number of amides is 1. The van der Waals surface area contributed by atoms with Crippen LogP contribution >= 0.6 is 0 Å². The lowest BCUT2D eigenvalue weighted by atomic mass is 9.82. The molecule has 1 aliphatic carbocycles. The average molecular weight is 285 g/mol. The van der Waals surface area contributed by atoms with Gasteiger partial charge in [-0.2, -0.15) is 0 Å². The summed E-state index contributed by atoms with van der Waals surface area (Å²) < 4.78 is 9.73. The second-order valence-electron chi connectivity index (χ2n) is 5.45. The van der Waals surface area contributed by atoms with E-state index >= 15 is 0 Å². The molecule has 0 saturated heterocycles. The molecule has 0 unspecified atom stereocenters. The lowest BCUT2D eigenvalue weighted by Crippen LogP contribution is -2.44. The predicted octanol–water partition coefficient (Wildman–Crippen LogP) is 1.99. The Morgan fingerprint density at radius 3 is 2.30 bits per heavy atom. The van der Waals surface area contributed by atoms with Crippen LogP contribution < -0.4 is 0 Å². The first-order chi connectivity index (χ1) is 9.59. The first-order valence-electron chi connectivity index (χ1n) is 7.44. The van der Waals surface area contributed by atoms with Crippen LogP contribution in [0, 0.1) is 5.41 Å². The van der Waals surface area contributed by atoms with Gasteiger partial charge in [0.2, 0.25) is 5.91 Å². The summed E-state index contributed by atoms with van der Waals surface area (Å²) in [6.07, 6.45) is 5.27. The van der Waals surface area contributed by atoms with Crippen molar-refractivity contribution in [2.45, 2.75) is 45.4 Å². The Morgan fingerprint density at radius 1 is 1.15 bits per heavy atom. The maximum Gasteiger partial charge on any atom is 0.307 e. The topological polar surface area (TPSA) is 55.8 Å². The summed E-state index contributed by atoms with van der Waals surface area (Å²) in [6.45, 7) is 3.52. The van der Waals surface area contributed by atoms with E-state index in [1.807, 2.05) is 0 Å². The monoisotopic (exact) mass is 285 g/mol. The quantitative estimate of drug-likeness (QED) is 0.640. The minimum Gasteiger partial charge on any atom is -0.469 e. The van der Waals surface area contributed by atoms with Crippen LogP contribution in [0.4, 0.5) is 0 Å². The molecular weight excluding hydrogens is 258 g/mol. The van der Waals surface area contributed by atoms with E-state index in [1.54, 1.807) is 12.0 Å². The molecule has 1 amide bonds. The second-order valence-corrected chi connectivity index (χ2v) is 5.45. The van der Waals surface area contributed by atoms with Crippen LogP contribution in [0.2, 0.25) is 0 Å². The molecular formula is C15H27NO4. The molecule has 1 rings (SSSR count). The standard InChI is InChI=1S/C15H27NO4/c1-4-15(8-5-6-9-15)14(18)16(11-12-19-2)10-7-13(17)20-3/h4-12H2,1-3H3. The molecule has 0 atom stereocenters. The van der Waals surface area contributed by atoms with E-state index in [-0.39, 0.29) is 23.7 Å². The third-order valence-corrected chi connectivity index (χ3v) is 4.36. The lowest BCUT2D eigenvalue weighted by Gasteiger charge is -2.33. The van der Waals surface area contributed by atoms with Crippen molar-refractivity contribution in [2.24, 2.45) is 5.41 Å². The molecule has 0 spiro atoms. The molecule has 0 aliphatic heterocycles. The van der Waals surface area contributed by atoms with Crippen LogP contribution in [0.25, 0.3) is 0 Å².